The molecule has 1 saturated carbocycles. The summed E-state index contributed by atoms with van der Waals surface area (Å²) < 4.78 is 5.23. The molecule has 1 heterocycles. The molecular weight excluding hydrogens is 212 g/mol. The van der Waals surface area contributed by atoms with E-state index in [1.807, 2.05) is 27.7 Å². The first-order chi connectivity index (χ1) is 8.05. The maximum absolute atomic E-state index is 9.77. The highest BCUT2D eigenvalue weighted by atomic mass is 16.6. The summed E-state index contributed by atoms with van der Waals surface area (Å²) in [6.45, 7) is 14.6. The molecule has 1 N–H and O–H groups in total. The largest absolute Gasteiger partial charge is 0.472 e. The smallest absolute Gasteiger partial charge is 0.200 e. The predicted molar refractivity (Wildman–Crippen MR) is 73.5 cm³/mol. The number of hydrogen-bond acceptors (Lipinski definition) is 2. The third kappa shape index (κ3) is 3.04. The SMILES string of the molecule is CC.CC.CC1=COC(O)C2C(C)CCC12C. The molecule has 1 fully saturated rings. The van der Waals surface area contributed by atoms with Crippen LogP contribution in [0.25, 0.3) is 0 Å². The Balaban J connectivity index is 0.000000581. The Morgan fingerprint density at radius 3 is 2.29 bits per heavy atom. The number of aliphatic hydroxyl groups is 1. The third-order valence-electron chi connectivity index (χ3n) is 4.06. The van der Waals surface area contributed by atoms with E-state index in [2.05, 4.69) is 20.8 Å². The highest BCUT2D eigenvalue weighted by Crippen LogP contribution is 2.54. The van der Waals surface area contributed by atoms with Gasteiger partial charge in [0, 0.05) is 11.3 Å². The number of aliphatic hydroxyl groups excluding tert-OH is 1. The van der Waals surface area contributed by atoms with Gasteiger partial charge in [0.1, 0.15) is 0 Å². The summed E-state index contributed by atoms with van der Waals surface area (Å²) in [5.74, 6) is 0.862. The summed E-state index contributed by atoms with van der Waals surface area (Å²) in [5, 5.41) is 9.77. The lowest BCUT2D eigenvalue weighted by atomic mass is 9.71. The van der Waals surface area contributed by atoms with E-state index < -0.39 is 6.29 Å². The average Bonchev–Trinajstić information content (AvgIpc) is 2.68. The van der Waals surface area contributed by atoms with Crippen molar-refractivity contribution in [3.05, 3.63) is 11.8 Å². The summed E-state index contributed by atoms with van der Waals surface area (Å²) in [4.78, 5) is 0. The van der Waals surface area contributed by atoms with Crippen molar-refractivity contribution in [3.8, 4) is 0 Å². The van der Waals surface area contributed by atoms with Gasteiger partial charge in [-0.15, -0.1) is 0 Å². The van der Waals surface area contributed by atoms with Crippen LogP contribution in [0.1, 0.15) is 61.3 Å². The van der Waals surface area contributed by atoms with E-state index in [0.29, 0.717) is 5.92 Å². The molecule has 2 heteroatoms. The molecule has 0 radical (unpaired) electrons. The van der Waals surface area contributed by atoms with Crippen LogP contribution in [0, 0.1) is 17.3 Å². The number of hydrogen-bond donors (Lipinski definition) is 1. The van der Waals surface area contributed by atoms with Gasteiger partial charge in [-0.05, 0) is 31.3 Å². The first-order valence-electron chi connectivity index (χ1n) is 7.06. The molecule has 2 rings (SSSR count). The van der Waals surface area contributed by atoms with Gasteiger partial charge >= 0.3 is 0 Å². The lowest BCUT2D eigenvalue weighted by molar-refractivity contribution is -0.138. The third-order valence-corrected chi connectivity index (χ3v) is 4.06. The molecule has 0 saturated heterocycles. The van der Waals surface area contributed by atoms with E-state index in [1.54, 1.807) is 6.26 Å². The number of allylic oxidation sites excluding steroid dienone is 1. The van der Waals surface area contributed by atoms with E-state index >= 15 is 0 Å². The van der Waals surface area contributed by atoms with Crippen molar-refractivity contribution in [3.63, 3.8) is 0 Å². The van der Waals surface area contributed by atoms with Gasteiger partial charge in [-0.1, -0.05) is 41.5 Å². The maximum Gasteiger partial charge on any atom is 0.200 e. The molecule has 102 valence electrons. The van der Waals surface area contributed by atoms with Gasteiger partial charge in [-0.3, -0.25) is 0 Å². The summed E-state index contributed by atoms with van der Waals surface area (Å²) in [7, 11) is 0. The molecule has 4 atom stereocenters. The zero-order valence-electron chi connectivity index (χ0n) is 12.6. The Morgan fingerprint density at radius 1 is 1.29 bits per heavy atom. The van der Waals surface area contributed by atoms with Gasteiger partial charge in [0.25, 0.3) is 0 Å². The van der Waals surface area contributed by atoms with Crippen molar-refractivity contribution < 1.29 is 9.84 Å². The van der Waals surface area contributed by atoms with Crippen molar-refractivity contribution in [2.75, 3.05) is 0 Å². The fraction of sp³-hybridized carbons (Fsp3) is 0.867. The number of fused-ring (bicyclic) bond motifs is 1. The molecular formula is C15H30O2. The highest BCUT2D eigenvalue weighted by molar-refractivity contribution is 5.17. The quantitative estimate of drug-likeness (QED) is 0.684. The van der Waals surface area contributed by atoms with Crippen LogP contribution in [0.15, 0.2) is 11.8 Å². The second-order valence-corrected chi connectivity index (χ2v) is 4.79. The molecule has 2 aliphatic rings. The van der Waals surface area contributed by atoms with Crippen LogP contribution in [0.5, 0.6) is 0 Å². The first kappa shape index (κ1) is 16.5. The molecule has 1 aliphatic carbocycles. The fourth-order valence-electron chi connectivity index (χ4n) is 2.95. The topological polar surface area (TPSA) is 29.5 Å². The second kappa shape index (κ2) is 7.05. The van der Waals surface area contributed by atoms with E-state index in [1.165, 1.54) is 18.4 Å². The molecule has 17 heavy (non-hydrogen) atoms. The number of rotatable bonds is 0. The summed E-state index contributed by atoms with van der Waals surface area (Å²) in [5.41, 5.74) is 1.46. The summed E-state index contributed by atoms with van der Waals surface area (Å²) in [6.07, 6.45) is 3.53. The molecule has 0 amide bonds. The van der Waals surface area contributed by atoms with Crippen molar-refractivity contribution in [2.24, 2.45) is 17.3 Å². The van der Waals surface area contributed by atoms with Crippen LogP contribution in [-0.4, -0.2) is 11.4 Å². The Labute approximate surface area is 107 Å². The molecule has 0 aromatic carbocycles. The van der Waals surface area contributed by atoms with Gasteiger partial charge in [-0.2, -0.15) is 0 Å². The molecule has 0 spiro atoms. The van der Waals surface area contributed by atoms with Gasteiger partial charge < -0.3 is 9.84 Å². The van der Waals surface area contributed by atoms with Crippen LogP contribution < -0.4 is 0 Å². The van der Waals surface area contributed by atoms with Gasteiger partial charge in [0.05, 0.1) is 6.26 Å². The van der Waals surface area contributed by atoms with E-state index in [4.69, 9.17) is 4.74 Å². The van der Waals surface area contributed by atoms with Gasteiger partial charge in [0.2, 0.25) is 0 Å². The van der Waals surface area contributed by atoms with Crippen LogP contribution >= 0.6 is 0 Å². The lowest BCUT2D eigenvalue weighted by Crippen LogP contribution is -2.39. The minimum Gasteiger partial charge on any atom is -0.472 e. The van der Waals surface area contributed by atoms with Crippen molar-refractivity contribution >= 4 is 0 Å². The van der Waals surface area contributed by atoms with E-state index in [-0.39, 0.29) is 11.3 Å². The van der Waals surface area contributed by atoms with Gasteiger partial charge in [-0.25, -0.2) is 0 Å². The predicted octanol–water partition coefficient (Wildman–Crippen LogP) is 4.34. The zero-order chi connectivity index (χ0) is 13.6. The molecule has 0 aromatic rings. The Hall–Kier alpha value is -0.500. The summed E-state index contributed by atoms with van der Waals surface area (Å²) >= 11 is 0. The van der Waals surface area contributed by atoms with E-state index in [0.717, 1.165) is 0 Å². The molecule has 0 aromatic heterocycles. The lowest BCUT2D eigenvalue weighted by Gasteiger charge is -2.40. The molecule has 1 aliphatic heterocycles. The monoisotopic (exact) mass is 242 g/mol. The standard InChI is InChI=1S/C11H18O2.2C2H6/c1-7-4-5-11(3)8(2)6-13-10(12)9(7)11;2*1-2/h6-7,9-10,12H,4-5H2,1-3H3;2*1-2H3. The summed E-state index contributed by atoms with van der Waals surface area (Å²) in [6, 6.07) is 0. The maximum atomic E-state index is 9.77. The van der Waals surface area contributed by atoms with E-state index in [9.17, 15) is 5.11 Å². The minimum atomic E-state index is -0.591. The van der Waals surface area contributed by atoms with Crippen molar-refractivity contribution in [1.29, 1.82) is 0 Å². The Morgan fingerprint density at radius 2 is 1.82 bits per heavy atom. The van der Waals surface area contributed by atoms with Crippen LogP contribution in [0.3, 0.4) is 0 Å². The minimum absolute atomic E-state index is 0.178. The second-order valence-electron chi connectivity index (χ2n) is 4.79. The van der Waals surface area contributed by atoms with Gasteiger partial charge in [0.15, 0.2) is 6.29 Å². The first-order valence-corrected chi connectivity index (χ1v) is 7.06. The Kier molecular flexibility index (Phi) is 6.84. The zero-order valence-corrected chi connectivity index (χ0v) is 12.6. The average molecular weight is 242 g/mol. The number of ether oxygens (including phenoxy) is 1. The fourth-order valence-corrected chi connectivity index (χ4v) is 2.95. The molecule has 2 nitrogen and oxygen atoms in total. The Bertz CT molecular complexity index is 247. The molecule has 4 unspecified atom stereocenters. The highest BCUT2D eigenvalue weighted by Gasteiger charge is 2.50. The van der Waals surface area contributed by atoms with Crippen LogP contribution in [0.4, 0.5) is 0 Å². The molecule has 0 bridgehead atoms. The van der Waals surface area contributed by atoms with Crippen molar-refractivity contribution in [1.82, 2.24) is 0 Å². The normalized spacial score (nSPS) is 38.6. The van der Waals surface area contributed by atoms with Crippen LogP contribution in [0.2, 0.25) is 0 Å². The van der Waals surface area contributed by atoms with Crippen LogP contribution in [-0.2, 0) is 4.74 Å². The van der Waals surface area contributed by atoms with Crippen molar-refractivity contribution in [2.45, 2.75) is 67.6 Å².